The monoisotopic (exact) mass is 257 g/mol. The molecule has 2 aliphatic rings. The minimum atomic E-state index is -3.21. The molecule has 0 aromatic carbocycles. The summed E-state index contributed by atoms with van der Waals surface area (Å²) in [6, 6.07) is -0.405. The van der Waals surface area contributed by atoms with Crippen LogP contribution in [0.1, 0.15) is 25.7 Å². The van der Waals surface area contributed by atoms with Crippen LogP contribution in [0.2, 0.25) is 0 Å². The number of nitrogens with two attached hydrogens (primary N) is 1. The largest absolute Gasteiger partial charge is 0.374 e. The number of sulfone groups is 1. The Labute approximate surface area is 102 Å². The second kappa shape index (κ2) is 4.92. The second-order valence-electron chi connectivity index (χ2n) is 4.72. The van der Waals surface area contributed by atoms with Gasteiger partial charge in [-0.1, -0.05) is 6.08 Å². The summed E-state index contributed by atoms with van der Waals surface area (Å²) < 4.78 is 28.9. The van der Waals surface area contributed by atoms with Gasteiger partial charge in [0, 0.05) is 18.9 Å². The van der Waals surface area contributed by atoms with Crippen LogP contribution < -0.4 is 5.73 Å². The Balaban J connectivity index is 2.22. The van der Waals surface area contributed by atoms with E-state index in [1.165, 1.54) is 6.26 Å². The van der Waals surface area contributed by atoms with Crippen LogP contribution >= 0.6 is 0 Å². The molecule has 1 aliphatic heterocycles. The lowest BCUT2D eigenvalue weighted by Crippen LogP contribution is -2.31. The molecule has 1 fully saturated rings. The molecule has 5 heteroatoms. The van der Waals surface area contributed by atoms with Gasteiger partial charge in [-0.25, -0.2) is 8.42 Å². The van der Waals surface area contributed by atoms with Gasteiger partial charge in [0.05, 0.1) is 11.0 Å². The molecule has 1 aliphatic carbocycles. The third-order valence-electron chi connectivity index (χ3n) is 3.26. The fourth-order valence-corrected chi connectivity index (χ4v) is 3.32. The van der Waals surface area contributed by atoms with Crippen molar-refractivity contribution < 1.29 is 13.2 Å². The highest BCUT2D eigenvalue weighted by Crippen LogP contribution is 2.27. The summed E-state index contributed by atoms with van der Waals surface area (Å²) in [4.78, 5) is 0.337. The Bertz CT molecular complexity index is 444. The summed E-state index contributed by atoms with van der Waals surface area (Å²) in [6.07, 6.45) is 8.75. The first-order valence-corrected chi connectivity index (χ1v) is 7.86. The van der Waals surface area contributed by atoms with Crippen LogP contribution in [0.25, 0.3) is 0 Å². The van der Waals surface area contributed by atoms with Gasteiger partial charge in [-0.2, -0.15) is 0 Å². The van der Waals surface area contributed by atoms with Crippen molar-refractivity contribution in [3.63, 3.8) is 0 Å². The highest BCUT2D eigenvalue weighted by atomic mass is 32.2. The first kappa shape index (κ1) is 12.8. The van der Waals surface area contributed by atoms with E-state index in [2.05, 4.69) is 0 Å². The normalized spacial score (nSPS) is 30.7. The van der Waals surface area contributed by atoms with Gasteiger partial charge in [-0.3, -0.25) is 0 Å². The van der Waals surface area contributed by atoms with Crippen molar-refractivity contribution in [2.45, 2.75) is 37.8 Å². The lowest BCUT2D eigenvalue weighted by atomic mass is 9.95. The molecule has 2 N–H and O–H groups in total. The van der Waals surface area contributed by atoms with Crippen molar-refractivity contribution in [1.82, 2.24) is 0 Å². The second-order valence-corrected chi connectivity index (χ2v) is 6.74. The van der Waals surface area contributed by atoms with Crippen molar-refractivity contribution in [1.29, 1.82) is 0 Å². The average Bonchev–Trinajstić information content (AvgIpc) is 2.29. The van der Waals surface area contributed by atoms with Gasteiger partial charge < -0.3 is 10.5 Å². The molecule has 0 spiro atoms. The summed E-state index contributed by atoms with van der Waals surface area (Å²) in [6.45, 7) is 0.760. The molecule has 4 nitrogen and oxygen atoms in total. The summed E-state index contributed by atoms with van der Waals surface area (Å²) >= 11 is 0. The minimum absolute atomic E-state index is 0.0491. The van der Waals surface area contributed by atoms with Crippen LogP contribution in [0, 0.1) is 0 Å². The highest BCUT2D eigenvalue weighted by Gasteiger charge is 2.26. The summed E-state index contributed by atoms with van der Waals surface area (Å²) in [7, 11) is -3.21. The number of ether oxygens (including phenoxy) is 1. The van der Waals surface area contributed by atoms with Crippen molar-refractivity contribution in [2.24, 2.45) is 5.73 Å². The van der Waals surface area contributed by atoms with Crippen LogP contribution in [0.3, 0.4) is 0 Å². The fourth-order valence-electron chi connectivity index (χ4n) is 2.32. The smallest absolute Gasteiger partial charge is 0.173 e. The van der Waals surface area contributed by atoms with E-state index >= 15 is 0 Å². The standard InChI is InChI=1S/C12H19NO3S/c1-17(14,15)12-8-9(5-6-10(12)13)11-4-2-3-7-16-11/h5,8,10-11H,2-4,6-7,13H2,1H3/t10?,11-/m1/s1. The Hall–Kier alpha value is -0.650. The van der Waals surface area contributed by atoms with Crippen LogP contribution in [0.5, 0.6) is 0 Å². The maximum absolute atomic E-state index is 11.6. The van der Waals surface area contributed by atoms with Gasteiger partial charge in [0.25, 0.3) is 0 Å². The van der Waals surface area contributed by atoms with E-state index in [0.717, 1.165) is 31.4 Å². The molecule has 0 saturated carbocycles. The Kier molecular flexibility index (Phi) is 3.70. The molecule has 0 radical (unpaired) electrons. The van der Waals surface area contributed by atoms with E-state index in [0.29, 0.717) is 11.3 Å². The van der Waals surface area contributed by atoms with Crippen LogP contribution in [0.4, 0.5) is 0 Å². The van der Waals surface area contributed by atoms with Gasteiger partial charge in [-0.15, -0.1) is 0 Å². The summed E-state index contributed by atoms with van der Waals surface area (Å²) in [5.74, 6) is 0. The van der Waals surface area contributed by atoms with Crippen LogP contribution in [-0.2, 0) is 14.6 Å². The number of rotatable bonds is 2. The van der Waals surface area contributed by atoms with Crippen molar-refractivity contribution in [3.8, 4) is 0 Å². The number of hydrogen-bond acceptors (Lipinski definition) is 4. The fraction of sp³-hybridized carbons (Fsp3) is 0.667. The van der Waals surface area contributed by atoms with Crippen molar-refractivity contribution in [3.05, 3.63) is 22.6 Å². The molecule has 1 unspecified atom stereocenters. The molecule has 1 heterocycles. The zero-order valence-electron chi connectivity index (χ0n) is 10.1. The molecular weight excluding hydrogens is 238 g/mol. The summed E-state index contributed by atoms with van der Waals surface area (Å²) in [5.41, 5.74) is 6.80. The zero-order chi connectivity index (χ0) is 12.5. The maximum atomic E-state index is 11.6. The zero-order valence-corrected chi connectivity index (χ0v) is 10.9. The lowest BCUT2D eigenvalue weighted by Gasteiger charge is -2.27. The van der Waals surface area contributed by atoms with Gasteiger partial charge in [-0.05, 0) is 37.3 Å². The minimum Gasteiger partial charge on any atom is -0.374 e. The van der Waals surface area contributed by atoms with E-state index in [1.807, 2.05) is 6.08 Å². The molecule has 96 valence electrons. The lowest BCUT2D eigenvalue weighted by molar-refractivity contribution is 0.0410. The molecule has 17 heavy (non-hydrogen) atoms. The maximum Gasteiger partial charge on any atom is 0.173 e. The molecule has 0 amide bonds. The first-order chi connectivity index (χ1) is 7.98. The third kappa shape index (κ3) is 2.97. The molecule has 2 rings (SSSR count). The van der Waals surface area contributed by atoms with Crippen molar-refractivity contribution in [2.75, 3.05) is 12.9 Å². The van der Waals surface area contributed by atoms with E-state index in [-0.39, 0.29) is 6.10 Å². The summed E-state index contributed by atoms with van der Waals surface area (Å²) in [5, 5.41) is 0. The van der Waals surface area contributed by atoms with E-state index in [9.17, 15) is 8.42 Å². The predicted molar refractivity (Wildman–Crippen MR) is 67.2 cm³/mol. The van der Waals surface area contributed by atoms with Gasteiger partial charge >= 0.3 is 0 Å². The van der Waals surface area contributed by atoms with Gasteiger partial charge in [0.2, 0.25) is 0 Å². The topological polar surface area (TPSA) is 69.4 Å². The average molecular weight is 257 g/mol. The molecule has 0 aromatic rings. The Morgan fingerprint density at radius 3 is 2.76 bits per heavy atom. The SMILES string of the molecule is CS(=O)(=O)C1=CC([C@H]2CCCCO2)=CCC1N. The molecule has 0 aromatic heterocycles. The van der Waals surface area contributed by atoms with Crippen LogP contribution in [-0.4, -0.2) is 33.4 Å². The van der Waals surface area contributed by atoms with Crippen molar-refractivity contribution >= 4 is 9.84 Å². The number of hydrogen-bond donors (Lipinski definition) is 1. The third-order valence-corrected chi connectivity index (χ3v) is 4.54. The van der Waals surface area contributed by atoms with Gasteiger partial charge in [0.15, 0.2) is 9.84 Å². The van der Waals surface area contributed by atoms with E-state index in [4.69, 9.17) is 10.5 Å². The first-order valence-electron chi connectivity index (χ1n) is 5.97. The quantitative estimate of drug-likeness (QED) is 0.805. The molecule has 1 saturated heterocycles. The van der Waals surface area contributed by atoms with E-state index < -0.39 is 15.9 Å². The molecule has 2 atom stereocenters. The highest BCUT2D eigenvalue weighted by molar-refractivity contribution is 7.94. The molecular formula is C12H19NO3S. The predicted octanol–water partition coefficient (Wildman–Crippen LogP) is 1.14. The Morgan fingerprint density at radius 2 is 2.18 bits per heavy atom. The molecule has 0 bridgehead atoms. The Morgan fingerprint density at radius 1 is 1.41 bits per heavy atom. The van der Waals surface area contributed by atoms with Gasteiger partial charge in [0.1, 0.15) is 0 Å². The van der Waals surface area contributed by atoms with Crippen LogP contribution in [0.15, 0.2) is 22.6 Å². The van der Waals surface area contributed by atoms with E-state index in [1.54, 1.807) is 6.08 Å².